The molecule has 1 aliphatic carbocycles. The fourth-order valence-corrected chi connectivity index (χ4v) is 4.00. The van der Waals surface area contributed by atoms with Crippen molar-refractivity contribution in [2.45, 2.75) is 25.3 Å². The van der Waals surface area contributed by atoms with E-state index in [9.17, 15) is 13.6 Å². The van der Waals surface area contributed by atoms with E-state index in [0.717, 1.165) is 41.1 Å². The average Bonchev–Trinajstić information content (AvgIpc) is 3.35. The number of fused-ring (bicyclic) bond motifs is 2. The van der Waals surface area contributed by atoms with Crippen LogP contribution in [0.1, 0.15) is 40.5 Å². The molecule has 0 fully saturated rings. The predicted molar refractivity (Wildman–Crippen MR) is 105 cm³/mol. The van der Waals surface area contributed by atoms with Crippen LogP contribution in [-0.2, 0) is 6.42 Å². The van der Waals surface area contributed by atoms with Gasteiger partial charge in [0.2, 0.25) is 0 Å². The van der Waals surface area contributed by atoms with Gasteiger partial charge in [-0.2, -0.15) is 5.10 Å². The first-order chi connectivity index (χ1) is 14.1. The Bertz CT molecular complexity index is 1230. The van der Waals surface area contributed by atoms with Crippen molar-refractivity contribution >= 4 is 16.8 Å². The zero-order valence-corrected chi connectivity index (χ0v) is 15.5. The Morgan fingerprint density at radius 3 is 2.93 bits per heavy atom. The van der Waals surface area contributed by atoms with E-state index in [1.165, 1.54) is 16.8 Å². The number of aromatic amines is 1. The van der Waals surface area contributed by atoms with Gasteiger partial charge in [-0.05, 0) is 55.0 Å². The summed E-state index contributed by atoms with van der Waals surface area (Å²) in [5, 5.41) is 8.44. The van der Waals surface area contributed by atoms with E-state index < -0.39 is 11.6 Å². The Hall–Kier alpha value is -3.48. The van der Waals surface area contributed by atoms with Crippen LogP contribution in [-0.4, -0.2) is 20.7 Å². The van der Waals surface area contributed by atoms with Gasteiger partial charge in [-0.3, -0.25) is 4.79 Å². The lowest BCUT2D eigenvalue weighted by Crippen LogP contribution is -2.31. The van der Waals surface area contributed by atoms with Crippen molar-refractivity contribution in [3.8, 4) is 5.69 Å². The van der Waals surface area contributed by atoms with Crippen molar-refractivity contribution in [2.75, 3.05) is 0 Å². The molecular formula is C22H18F2N4O. The number of nitrogens with zero attached hydrogens (tertiary/aromatic N) is 2. The molecule has 0 saturated carbocycles. The molecule has 0 spiro atoms. The van der Waals surface area contributed by atoms with Crippen LogP contribution in [0.3, 0.4) is 0 Å². The number of rotatable bonds is 3. The second kappa shape index (κ2) is 6.84. The molecular weight excluding hydrogens is 374 g/mol. The SMILES string of the molecule is O=C(N[C@H]1CCCc2c1cnn2-c1ccc(F)cc1F)c1ccc2cc[nH]c2c1. The summed E-state index contributed by atoms with van der Waals surface area (Å²) in [6.07, 6.45) is 5.83. The van der Waals surface area contributed by atoms with Crippen LogP contribution in [0.2, 0.25) is 0 Å². The first-order valence-electron chi connectivity index (χ1n) is 9.50. The maximum absolute atomic E-state index is 14.2. The third kappa shape index (κ3) is 3.08. The van der Waals surface area contributed by atoms with Crippen LogP contribution >= 0.6 is 0 Å². The summed E-state index contributed by atoms with van der Waals surface area (Å²) in [7, 11) is 0. The maximum atomic E-state index is 14.2. The van der Waals surface area contributed by atoms with E-state index in [4.69, 9.17) is 0 Å². The minimum Gasteiger partial charge on any atom is -0.361 e. The monoisotopic (exact) mass is 392 g/mol. The van der Waals surface area contributed by atoms with Gasteiger partial charge < -0.3 is 10.3 Å². The van der Waals surface area contributed by atoms with Crippen LogP contribution < -0.4 is 5.32 Å². The zero-order chi connectivity index (χ0) is 20.0. The van der Waals surface area contributed by atoms with Crippen molar-refractivity contribution < 1.29 is 13.6 Å². The van der Waals surface area contributed by atoms with Gasteiger partial charge in [-0.25, -0.2) is 13.5 Å². The van der Waals surface area contributed by atoms with Crippen molar-refractivity contribution in [1.82, 2.24) is 20.1 Å². The summed E-state index contributed by atoms with van der Waals surface area (Å²) in [6, 6.07) is 10.7. The van der Waals surface area contributed by atoms with E-state index in [-0.39, 0.29) is 17.6 Å². The average molecular weight is 392 g/mol. The third-order valence-electron chi connectivity index (χ3n) is 5.44. The van der Waals surface area contributed by atoms with Crippen molar-refractivity contribution in [1.29, 1.82) is 0 Å². The lowest BCUT2D eigenvalue weighted by Gasteiger charge is -2.24. The first-order valence-corrected chi connectivity index (χ1v) is 9.50. The van der Waals surface area contributed by atoms with Gasteiger partial charge in [0.25, 0.3) is 5.91 Å². The smallest absolute Gasteiger partial charge is 0.251 e. The fourth-order valence-electron chi connectivity index (χ4n) is 4.00. The summed E-state index contributed by atoms with van der Waals surface area (Å²) in [5.74, 6) is -1.46. The van der Waals surface area contributed by atoms with Gasteiger partial charge in [0.05, 0.1) is 12.2 Å². The molecule has 2 heterocycles. The molecule has 7 heteroatoms. The lowest BCUT2D eigenvalue weighted by atomic mass is 9.92. The molecule has 2 N–H and O–H groups in total. The topological polar surface area (TPSA) is 62.7 Å². The molecule has 1 atom stereocenters. The van der Waals surface area contributed by atoms with Gasteiger partial charge in [0.15, 0.2) is 5.82 Å². The molecule has 2 aromatic carbocycles. The van der Waals surface area contributed by atoms with E-state index in [1.54, 1.807) is 12.3 Å². The number of carbonyl (C=O) groups is 1. The van der Waals surface area contributed by atoms with Crippen LogP contribution in [0.5, 0.6) is 0 Å². The van der Waals surface area contributed by atoms with Gasteiger partial charge in [0.1, 0.15) is 11.5 Å². The highest BCUT2D eigenvalue weighted by atomic mass is 19.1. The Labute approximate surface area is 165 Å². The summed E-state index contributed by atoms with van der Waals surface area (Å²) in [5.41, 5.74) is 3.39. The molecule has 5 nitrogen and oxygen atoms in total. The number of carbonyl (C=O) groups excluding carboxylic acids is 1. The van der Waals surface area contributed by atoms with E-state index in [1.807, 2.05) is 24.4 Å². The van der Waals surface area contributed by atoms with Crippen molar-refractivity contribution in [2.24, 2.45) is 0 Å². The summed E-state index contributed by atoms with van der Waals surface area (Å²) < 4.78 is 29.0. The Balaban J connectivity index is 1.44. The van der Waals surface area contributed by atoms with E-state index in [2.05, 4.69) is 15.4 Å². The number of H-pyrrole nitrogens is 1. The molecule has 146 valence electrons. The third-order valence-corrected chi connectivity index (χ3v) is 5.44. The molecule has 1 aliphatic rings. The maximum Gasteiger partial charge on any atom is 0.251 e. The highest BCUT2D eigenvalue weighted by Crippen LogP contribution is 2.32. The van der Waals surface area contributed by atoms with E-state index in [0.29, 0.717) is 12.0 Å². The number of hydrogen-bond acceptors (Lipinski definition) is 2. The second-order valence-corrected chi connectivity index (χ2v) is 7.25. The van der Waals surface area contributed by atoms with Crippen molar-refractivity contribution in [3.05, 3.63) is 83.3 Å². The molecule has 29 heavy (non-hydrogen) atoms. The molecule has 0 saturated heterocycles. The second-order valence-electron chi connectivity index (χ2n) is 7.25. The molecule has 0 bridgehead atoms. The fraction of sp³-hybridized carbons (Fsp3) is 0.182. The minimum atomic E-state index is -0.665. The van der Waals surface area contributed by atoms with Gasteiger partial charge in [-0.1, -0.05) is 6.07 Å². The lowest BCUT2D eigenvalue weighted by molar-refractivity contribution is 0.0933. The Morgan fingerprint density at radius 2 is 2.07 bits per heavy atom. The predicted octanol–water partition coefficient (Wildman–Crippen LogP) is 4.44. The molecule has 4 aromatic rings. The zero-order valence-electron chi connectivity index (χ0n) is 15.5. The molecule has 0 aliphatic heterocycles. The van der Waals surface area contributed by atoms with Crippen LogP contribution in [0.25, 0.3) is 16.6 Å². The van der Waals surface area contributed by atoms with Crippen LogP contribution in [0, 0.1) is 11.6 Å². The first kappa shape index (κ1) is 17.6. The number of benzene rings is 2. The number of hydrogen-bond donors (Lipinski definition) is 2. The molecule has 0 unspecified atom stereocenters. The van der Waals surface area contributed by atoms with E-state index >= 15 is 0 Å². The number of nitrogens with one attached hydrogen (secondary N) is 2. The number of aromatic nitrogens is 3. The standard InChI is InChI=1S/C22H18F2N4O/c23-15-6-7-21(17(24)11-15)28-20-3-1-2-18(16(20)12-26-28)27-22(29)14-5-4-13-8-9-25-19(13)10-14/h4-12,18,25H,1-3H2,(H,27,29)/t18-/m0/s1. The largest absolute Gasteiger partial charge is 0.361 e. The van der Waals surface area contributed by atoms with Gasteiger partial charge >= 0.3 is 0 Å². The Kier molecular flexibility index (Phi) is 4.16. The van der Waals surface area contributed by atoms with Crippen LogP contribution in [0.15, 0.2) is 54.9 Å². The number of amides is 1. The minimum absolute atomic E-state index is 0.167. The van der Waals surface area contributed by atoms with Crippen LogP contribution in [0.4, 0.5) is 8.78 Å². The highest BCUT2D eigenvalue weighted by molar-refractivity contribution is 5.98. The van der Waals surface area contributed by atoms with Gasteiger partial charge in [0, 0.05) is 34.6 Å². The quantitative estimate of drug-likeness (QED) is 0.541. The summed E-state index contributed by atoms with van der Waals surface area (Å²) in [6.45, 7) is 0. The summed E-state index contributed by atoms with van der Waals surface area (Å²) in [4.78, 5) is 15.9. The Morgan fingerprint density at radius 1 is 1.17 bits per heavy atom. The molecule has 0 radical (unpaired) electrons. The van der Waals surface area contributed by atoms with Crippen molar-refractivity contribution in [3.63, 3.8) is 0 Å². The van der Waals surface area contributed by atoms with Gasteiger partial charge in [-0.15, -0.1) is 0 Å². The normalized spacial score (nSPS) is 16.0. The molecule has 1 amide bonds. The molecule has 2 aromatic heterocycles. The highest BCUT2D eigenvalue weighted by Gasteiger charge is 2.27. The molecule has 5 rings (SSSR count). The number of halogens is 2. The summed E-state index contributed by atoms with van der Waals surface area (Å²) >= 11 is 0.